The van der Waals surface area contributed by atoms with E-state index < -0.39 is 0 Å². The second-order valence-electron chi connectivity index (χ2n) is 5.46. The van der Waals surface area contributed by atoms with Gasteiger partial charge in [0.1, 0.15) is 0 Å². The van der Waals surface area contributed by atoms with Crippen LogP contribution in [0.5, 0.6) is 0 Å². The van der Waals surface area contributed by atoms with Crippen molar-refractivity contribution >= 4 is 11.8 Å². The summed E-state index contributed by atoms with van der Waals surface area (Å²) in [7, 11) is 2.28. The smallest absolute Gasteiger partial charge is 0.0220 e. The lowest BCUT2D eigenvalue weighted by molar-refractivity contribution is 0.182. The van der Waals surface area contributed by atoms with E-state index in [1.807, 2.05) is 11.8 Å². The van der Waals surface area contributed by atoms with Crippen molar-refractivity contribution in [3.05, 3.63) is 0 Å². The Morgan fingerprint density at radius 2 is 1.82 bits per heavy atom. The molecule has 0 saturated heterocycles. The standard InChI is InChI=1S/C14H32N2S/c1-7-8-14(10-15-9-12(2)3)16(5)13(4)11-17-6/h12-15H,7-11H2,1-6H3. The Balaban J connectivity index is 4.10. The van der Waals surface area contributed by atoms with Crippen LogP contribution in [0.3, 0.4) is 0 Å². The van der Waals surface area contributed by atoms with Crippen LogP contribution in [-0.4, -0.2) is 49.1 Å². The minimum Gasteiger partial charge on any atom is -0.315 e. The lowest BCUT2D eigenvalue weighted by Gasteiger charge is -2.33. The molecule has 0 bridgehead atoms. The first-order valence-electron chi connectivity index (χ1n) is 6.94. The minimum atomic E-state index is 0.669. The maximum absolute atomic E-state index is 3.60. The molecule has 3 heteroatoms. The fraction of sp³-hybridized carbons (Fsp3) is 1.00. The van der Waals surface area contributed by atoms with E-state index in [9.17, 15) is 0 Å². The molecule has 0 aliphatic rings. The summed E-state index contributed by atoms with van der Waals surface area (Å²) in [6, 6.07) is 1.35. The first kappa shape index (κ1) is 17.3. The molecular weight excluding hydrogens is 228 g/mol. The fourth-order valence-corrected chi connectivity index (χ4v) is 2.76. The van der Waals surface area contributed by atoms with Gasteiger partial charge in [0.05, 0.1) is 0 Å². The molecular formula is C14H32N2S. The quantitative estimate of drug-likeness (QED) is 0.650. The number of nitrogens with one attached hydrogen (secondary N) is 1. The van der Waals surface area contributed by atoms with E-state index in [-0.39, 0.29) is 0 Å². The van der Waals surface area contributed by atoms with Crippen LogP contribution < -0.4 is 5.32 Å². The summed E-state index contributed by atoms with van der Waals surface area (Å²) in [5.41, 5.74) is 0. The number of nitrogens with zero attached hydrogens (tertiary/aromatic N) is 1. The Morgan fingerprint density at radius 1 is 1.18 bits per heavy atom. The van der Waals surface area contributed by atoms with Gasteiger partial charge in [0.25, 0.3) is 0 Å². The van der Waals surface area contributed by atoms with Gasteiger partial charge in [0.2, 0.25) is 0 Å². The molecule has 0 fully saturated rings. The maximum atomic E-state index is 3.60. The van der Waals surface area contributed by atoms with Gasteiger partial charge in [-0.1, -0.05) is 27.2 Å². The first-order valence-corrected chi connectivity index (χ1v) is 8.33. The van der Waals surface area contributed by atoms with E-state index in [0.717, 1.165) is 19.0 Å². The summed E-state index contributed by atoms with van der Waals surface area (Å²) in [6.45, 7) is 11.4. The lowest BCUT2D eigenvalue weighted by atomic mass is 10.1. The lowest BCUT2D eigenvalue weighted by Crippen LogP contribution is -2.45. The van der Waals surface area contributed by atoms with Crippen LogP contribution >= 0.6 is 11.8 Å². The van der Waals surface area contributed by atoms with Crippen molar-refractivity contribution in [1.29, 1.82) is 0 Å². The van der Waals surface area contributed by atoms with Gasteiger partial charge in [-0.05, 0) is 39.1 Å². The van der Waals surface area contributed by atoms with Gasteiger partial charge in [0.15, 0.2) is 0 Å². The van der Waals surface area contributed by atoms with Crippen molar-refractivity contribution in [3.8, 4) is 0 Å². The molecule has 0 aliphatic heterocycles. The average Bonchev–Trinajstić information content (AvgIpc) is 2.27. The van der Waals surface area contributed by atoms with Crippen LogP contribution in [0.1, 0.15) is 40.5 Å². The zero-order valence-corrected chi connectivity index (χ0v) is 13.4. The van der Waals surface area contributed by atoms with Crippen molar-refractivity contribution in [3.63, 3.8) is 0 Å². The highest BCUT2D eigenvalue weighted by Gasteiger charge is 2.18. The molecule has 2 unspecified atom stereocenters. The Hall–Kier alpha value is 0.270. The molecule has 1 N–H and O–H groups in total. The SMILES string of the molecule is CCCC(CNCC(C)C)N(C)C(C)CSC. The first-order chi connectivity index (χ1) is 8.02. The zero-order chi connectivity index (χ0) is 13.3. The van der Waals surface area contributed by atoms with E-state index in [0.29, 0.717) is 12.1 Å². The van der Waals surface area contributed by atoms with Gasteiger partial charge < -0.3 is 5.32 Å². The van der Waals surface area contributed by atoms with Gasteiger partial charge in [-0.25, -0.2) is 0 Å². The summed E-state index contributed by atoms with van der Waals surface area (Å²) in [5.74, 6) is 1.96. The summed E-state index contributed by atoms with van der Waals surface area (Å²) < 4.78 is 0. The fourth-order valence-electron chi connectivity index (χ4n) is 2.04. The van der Waals surface area contributed by atoms with Crippen molar-refractivity contribution in [2.24, 2.45) is 5.92 Å². The molecule has 2 nitrogen and oxygen atoms in total. The molecule has 0 aromatic carbocycles. The molecule has 2 atom stereocenters. The van der Waals surface area contributed by atoms with Crippen LogP contribution in [-0.2, 0) is 0 Å². The van der Waals surface area contributed by atoms with Gasteiger partial charge >= 0.3 is 0 Å². The molecule has 0 amide bonds. The maximum Gasteiger partial charge on any atom is 0.0220 e. The van der Waals surface area contributed by atoms with Crippen LogP contribution in [0.25, 0.3) is 0 Å². The molecule has 0 aromatic heterocycles. The van der Waals surface area contributed by atoms with Gasteiger partial charge in [-0.2, -0.15) is 11.8 Å². The number of rotatable bonds is 10. The topological polar surface area (TPSA) is 15.3 Å². The third-order valence-electron chi connectivity index (χ3n) is 3.23. The number of likely N-dealkylation sites (N-methyl/N-ethyl adjacent to an activating group) is 1. The Morgan fingerprint density at radius 3 is 2.29 bits per heavy atom. The Kier molecular flexibility index (Phi) is 10.4. The van der Waals surface area contributed by atoms with E-state index in [2.05, 4.69) is 51.2 Å². The summed E-state index contributed by atoms with van der Waals surface area (Å²) in [4.78, 5) is 2.55. The molecule has 0 aromatic rings. The number of thioether (sulfide) groups is 1. The van der Waals surface area contributed by atoms with E-state index >= 15 is 0 Å². The van der Waals surface area contributed by atoms with Crippen molar-refractivity contribution in [1.82, 2.24) is 10.2 Å². The van der Waals surface area contributed by atoms with Crippen LogP contribution in [0.4, 0.5) is 0 Å². The summed E-state index contributed by atoms with van der Waals surface area (Å²) in [6.07, 6.45) is 4.75. The molecule has 0 aliphatic carbocycles. The highest BCUT2D eigenvalue weighted by molar-refractivity contribution is 7.98. The second-order valence-corrected chi connectivity index (χ2v) is 6.38. The monoisotopic (exact) mass is 260 g/mol. The van der Waals surface area contributed by atoms with Crippen LogP contribution in [0.15, 0.2) is 0 Å². The van der Waals surface area contributed by atoms with Crippen molar-refractivity contribution in [2.75, 3.05) is 32.1 Å². The molecule has 104 valence electrons. The van der Waals surface area contributed by atoms with Crippen molar-refractivity contribution in [2.45, 2.75) is 52.6 Å². The highest BCUT2D eigenvalue weighted by atomic mass is 32.2. The van der Waals surface area contributed by atoms with E-state index in [4.69, 9.17) is 0 Å². The Labute approximate surface area is 113 Å². The van der Waals surface area contributed by atoms with Gasteiger partial charge in [-0.15, -0.1) is 0 Å². The van der Waals surface area contributed by atoms with Gasteiger partial charge in [0, 0.05) is 24.4 Å². The van der Waals surface area contributed by atoms with E-state index in [1.54, 1.807) is 0 Å². The number of hydrogen-bond acceptors (Lipinski definition) is 3. The molecule has 17 heavy (non-hydrogen) atoms. The van der Waals surface area contributed by atoms with Crippen LogP contribution in [0, 0.1) is 5.92 Å². The van der Waals surface area contributed by atoms with Crippen LogP contribution in [0.2, 0.25) is 0 Å². The zero-order valence-electron chi connectivity index (χ0n) is 12.6. The highest BCUT2D eigenvalue weighted by Crippen LogP contribution is 2.11. The molecule has 0 rings (SSSR count). The molecule has 0 spiro atoms. The predicted molar refractivity (Wildman–Crippen MR) is 82.0 cm³/mol. The second kappa shape index (κ2) is 10.2. The Bertz CT molecular complexity index is 174. The summed E-state index contributed by atoms with van der Waals surface area (Å²) in [5, 5.41) is 3.60. The molecule has 0 saturated carbocycles. The average molecular weight is 260 g/mol. The van der Waals surface area contributed by atoms with Gasteiger partial charge in [-0.3, -0.25) is 4.90 Å². The largest absolute Gasteiger partial charge is 0.315 e. The molecule has 0 radical (unpaired) electrons. The normalized spacial score (nSPS) is 15.5. The molecule has 0 heterocycles. The van der Waals surface area contributed by atoms with Crippen molar-refractivity contribution < 1.29 is 0 Å². The van der Waals surface area contributed by atoms with E-state index in [1.165, 1.54) is 18.6 Å². The third kappa shape index (κ3) is 8.06. The third-order valence-corrected chi connectivity index (χ3v) is 4.05. The predicted octanol–water partition coefficient (Wildman–Crippen LogP) is 3.08. The summed E-state index contributed by atoms with van der Waals surface area (Å²) >= 11 is 1.94. The minimum absolute atomic E-state index is 0.669. The number of hydrogen-bond donors (Lipinski definition) is 1.